The molecule has 0 N–H and O–H groups in total. The highest BCUT2D eigenvalue weighted by Gasteiger charge is 2.36. The van der Waals surface area contributed by atoms with Gasteiger partial charge in [-0.05, 0) is 47.0 Å². The summed E-state index contributed by atoms with van der Waals surface area (Å²) >= 11 is 0. The monoisotopic (exact) mass is 400 g/mol. The lowest BCUT2D eigenvalue weighted by molar-refractivity contribution is -0.166. The van der Waals surface area contributed by atoms with E-state index in [-0.39, 0.29) is 30.4 Å². The van der Waals surface area contributed by atoms with E-state index in [0.29, 0.717) is 45.5 Å². The number of unbranched alkanes of at least 4 members (excludes halogenated alkanes) is 2. The maximum absolute atomic E-state index is 12.0. The molecule has 0 aromatic carbocycles. The summed E-state index contributed by atoms with van der Waals surface area (Å²) in [6, 6.07) is 0. The molecule has 4 unspecified atom stereocenters. The molecule has 162 valence electrons. The molecule has 2 rings (SSSR count). The van der Waals surface area contributed by atoms with E-state index < -0.39 is 11.6 Å². The third-order valence-electron chi connectivity index (χ3n) is 5.15. The van der Waals surface area contributed by atoms with E-state index in [9.17, 15) is 9.59 Å². The Morgan fingerprint density at radius 2 is 1.43 bits per heavy atom. The van der Waals surface area contributed by atoms with Gasteiger partial charge in [0.25, 0.3) is 0 Å². The van der Waals surface area contributed by atoms with Gasteiger partial charge in [-0.3, -0.25) is 9.59 Å². The predicted octanol–water partition coefficient (Wildman–Crippen LogP) is 3.52. The fraction of sp³-hybridized carbons (Fsp3) is 0.905. The first-order chi connectivity index (χ1) is 13.2. The minimum atomic E-state index is -0.678. The minimum Gasteiger partial charge on any atom is -0.466 e. The molecule has 0 aromatic heterocycles. The molecule has 2 saturated heterocycles. The van der Waals surface area contributed by atoms with Gasteiger partial charge in [-0.25, -0.2) is 0 Å². The zero-order valence-corrected chi connectivity index (χ0v) is 17.8. The maximum Gasteiger partial charge on any atom is 0.305 e. The molecule has 7 heteroatoms. The van der Waals surface area contributed by atoms with Crippen molar-refractivity contribution in [3.8, 4) is 0 Å². The molecule has 0 bridgehead atoms. The van der Waals surface area contributed by atoms with Crippen LogP contribution in [0.2, 0.25) is 0 Å². The van der Waals surface area contributed by atoms with Crippen LogP contribution in [0, 0.1) is 0 Å². The van der Waals surface area contributed by atoms with Crippen molar-refractivity contribution in [3.05, 3.63) is 0 Å². The molecule has 0 aromatic rings. The van der Waals surface area contributed by atoms with E-state index in [0.717, 1.165) is 19.3 Å². The number of carbonyl (C=O) groups is 2. The topological polar surface area (TPSA) is 80.3 Å². The molecule has 2 aliphatic heterocycles. The van der Waals surface area contributed by atoms with Gasteiger partial charge in [-0.2, -0.15) is 0 Å². The second-order valence-electron chi connectivity index (χ2n) is 8.32. The van der Waals surface area contributed by atoms with Gasteiger partial charge < -0.3 is 23.7 Å². The van der Waals surface area contributed by atoms with Crippen LogP contribution in [-0.2, 0) is 33.3 Å². The number of ether oxygens (including phenoxy) is 5. The van der Waals surface area contributed by atoms with E-state index in [1.807, 2.05) is 27.7 Å². The molecule has 2 aliphatic rings. The van der Waals surface area contributed by atoms with Crippen LogP contribution in [-0.4, -0.2) is 55.4 Å². The second kappa shape index (κ2) is 10.7. The highest BCUT2D eigenvalue weighted by molar-refractivity contribution is 5.78. The number of hydrogen-bond acceptors (Lipinski definition) is 7. The van der Waals surface area contributed by atoms with Gasteiger partial charge in [0.15, 0.2) is 11.6 Å². The minimum absolute atomic E-state index is 0.0633. The van der Waals surface area contributed by atoms with Crippen LogP contribution in [0.4, 0.5) is 0 Å². The van der Waals surface area contributed by atoms with Crippen LogP contribution in [0.25, 0.3) is 0 Å². The number of ketones is 1. The van der Waals surface area contributed by atoms with Crippen molar-refractivity contribution >= 4 is 11.8 Å². The summed E-state index contributed by atoms with van der Waals surface area (Å²) in [4.78, 5) is 23.8. The molecule has 4 atom stereocenters. The van der Waals surface area contributed by atoms with Gasteiger partial charge in [-0.15, -0.1) is 0 Å². The summed E-state index contributed by atoms with van der Waals surface area (Å²) in [6.07, 6.45) is 4.98. The van der Waals surface area contributed by atoms with Crippen LogP contribution >= 0.6 is 0 Å². The average Bonchev–Trinajstić information content (AvgIpc) is 3.16. The van der Waals surface area contributed by atoms with Crippen molar-refractivity contribution < 1.29 is 33.3 Å². The zero-order valence-electron chi connectivity index (χ0n) is 17.8. The molecule has 0 spiro atoms. The predicted molar refractivity (Wildman–Crippen MR) is 103 cm³/mol. The largest absolute Gasteiger partial charge is 0.466 e. The van der Waals surface area contributed by atoms with E-state index >= 15 is 0 Å². The smallest absolute Gasteiger partial charge is 0.305 e. The normalized spacial score (nSPS) is 32.6. The number of carbonyl (C=O) groups excluding carboxylic acids is 2. The SMILES string of the molecule is CC1COC(C)(CCC(=O)CCCCCOC(=O)CCC2(C)OCC(C)O2)O1. The first-order valence-corrected chi connectivity index (χ1v) is 10.5. The van der Waals surface area contributed by atoms with E-state index in [2.05, 4.69) is 0 Å². The third kappa shape index (κ3) is 8.15. The Bertz CT molecular complexity index is 477. The van der Waals surface area contributed by atoms with Crippen molar-refractivity contribution in [1.82, 2.24) is 0 Å². The lowest BCUT2D eigenvalue weighted by Gasteiger charge is -2.22. The highest BCUT2D eigenvalue weighted by atomic mass is 16.7. The van der Waals surface area contributed by atoms with Gasteiger partial charge in [-0.1, -0.05) is 0 Å². The fourth-order valence-electron chi connectivity index (χ4n) is 3.52. The summed E-state index contributed by atoms with van der Waals surface area (Å²) in [5.41, 5.74) is 0. The summed E-state index contributed by atoms with van der Waals surface area (Å²) in [7, 11) is 0. The van der Waals surface area contributed by atoms with E-state index in [1.165, 1.54) is 0 Å². The number of Topliss-reactive ketones (excluding diaryl/α,β-unsaturated/α-hetero) is 1. The van der Waals surface area contributed by atoms with Crippen LogP contribution in [0.1, 0.15) is 79.1 Å². The lowest BCUT2D eigenvalue weighted by Crippen LogP contribution is -2.27. The molecule has 2 fully saturated rings. The van der Waals surface area contributed by atoms with Crippen LogP contribution in [0.5, 0.6) is 0 Å². The molecule has 0 saturated carbocycles. The van der Waals surface area contributed by atoms with E-state index in [1.54, 1.807) is 0 Å². The van der Waals surface area contributed by atoms with Crippen molar-refractivity contribution in [2.45, 2.75) is 103 Å². The van der Waals surface area contributed by atoms with Gasteiger partial charge in [0.05, 0.1) is 38.4 Å². The molecular weight excluding hydrogens is 364 g/mol. The number of hydrogen-bond donors (Lipinski definition) is 0. The summed E-state index contributed by atoms with van der Waals surface area (Å²) < 4.78 is 27.8. The Morgan fingerprint density at radius 3 is 1.96 bits per heavy atom. The zero-order chi connectivity index (χ0) is 20.6. The molecule has 0 radical (unpaired) electrons. The lowest BCUT2D eigenvalue weighted by atomic mass is 10.0. The average molecular weight is 401 g/mol. The Morgan fingerprint density at radius 1 is 0.857 bits per heavy atom. The molecule has 7 nitrogen and oxygen atoms in total. The van der Waals surface area contributed by atoms with Crippen molar-refractivity contribution in [3.63, 3.8) is 0 Å². The number of rotatable bonds is 12. The third-order valence-corrected chi connectivity index (χ3v) is 5.15. The Labute approximate surface area is 168 Å². The summed E-state index contributed by atoms with van der Waals surface area (Å²) in [5, 5.41) is 0. The van der Waals surface area contributed by atoms with Crippen LogP contribution < -0.4 is 0 Å². The summed E-state index contributed by atoms with van der Waals surface area (Å²) in [5.74, 6) is -1.30. The first kappa shape index (κ1) is 23.3. The fourth-order valence-corrected chi connectivity index (χ4v) is 3.52. The van der Waals surface area contributed by atoms with Crippen molar-refractivity contribution in [2.75, 3.05) is 19.8 Å². The Kier molecular flexibility index (Phi) is 8.86. The van der Waals surface area contributed by atoms with Gasteiger partial charge in [0.1, 0.15) is 5.78 Å². The highest BCUT2D eigenvalue weighted by Crippen LogP contribution is 2.29. The van der Waals surface area contributed by atoms with Gasteiger partial charge in [0.2, 0.25) is 0 Å². The maximum atomic E-state index is 12.0. The first-order valence-electron chi connectivity index (χ1n) is 10.5. The summed E-state index contributed by atoms with van der Waals surface area (Å²) in [6.45, 7) is 9.20. The molecule has 28 heavy (non-hydrogen) atoms. The Balaban J connectivity index is 1.44. The standard InChI is InChI=1S/C21H36O7/c1-16-14-25-20(3,27-16)11-9-18(22)8-6-5-7-13-24-19(23)10-12-21(4)26-15-17(2)28-21/h16-17H,5-15H2,1-4H3. The quantitative estimate of drug-likeness (QED) is 0.366. The van der Waals surface area contributed by atoms with Gasteiger partial charge in [0, 0.05) is 25.7 Å². The van der Waals surface area contributed by atoms with Crippen LogP contribution in [0.15, 0.2) is 0 Å². The van der Waals surface area contributed by atoms with Crippen molar-refractivity contribution in [1.29, 1.82) is 0 Å². The molecular formula is C21H36O7. The van der Waals surface area contributed by atoms with Crippen molar-refractivity contribution in [2.24, 2.45) is 0 Å². The molecule has 2 heterocycles. The number of esters is 1. The van der Waals surface area contributed by atoms with Gasteiger partial charge >= 0.3 is 5.97 Å². The molecule has 0 amide bonds. The molecule has 0 aliphatic carbocycles. The van der Waals surface area contributed by atoms with E-state index in [4.69, 9.17) is 23.7 Å². The van der Waals surface area contributed by atoms with Crippen LogP contribution in [0.3, 0.4) is 0 Å². The second-order valence-corrected chi connectivity index (χ2v) is 8.32. The Hall–Kier alpha value is -1.02.